The van der Waals surface area contributed by atoms with E-state index < -0.39 is 21.6 Å². The molecule has 1 heterocycles. The topological polar surface area (TPSA) is 56.0 Å². The van der Waals surface area contributed by atoms with Gasteiger partial charge in [0.1, 0.15) is 10.5 Å². The Morgan fingerprint density at radius 3 is 2.65 bits per heavy atom. The fraction of sp³-hybridized carbons (Fsp3) is 0. The molecule has 0 aliphatic carbocycles. The SMILES string of the molecule is O=[N+]([O-])c1c(Cl)nc2c(F)c(Br)ccc2c1Cl. The Morgan fingerprint density at radius 2 is 2.06 bits per heavy atom. The van der Waals surface area contributed by atoms with E-state index in [1.54, 1.807) is 0 Å². The second-order valence-electron chi connectivity index (χ2n) is 3.08. The summed E-state index contributed by atoms with van der Waals surface area (Å²) in [6.45, 7) is 0. The molecule has 88 valence electrons. The first-order valence-corrected chi connectivity index (χ1v) is 5.75. The largest absolute Gasteiger partial charge is 0.325 e. The predicted molar refractivity (Wildman–Crippen MR) is 66.1 cm³/mol. The van der Waals surface area contributed by atoms with E-state index in [1.165, 1.54) is 12.1 Å². The van der Waals surface area contributed by atoms with Crippen molar-refractivity contribution < 1.29 is 9.31 Å². The van der Waals surface area contributed by atoms with E-state index in [0.717, 1.165) is 0 Å². The molecule has 0 bridgehead atoms. The van der Waals surface area contributed by atoms with Crippen molar-refractivity contribution in [1.29, 1.82) is 0 Å². The number of nitro groups is 1. The lowest BCUT2D eigenvalue weighted by Crippen LogP contribution is -1.96. The van der Waals surface area contributed by atoms with Crippen LogP contribution >= 0.6 is 39.1 Å². The van der Waals surface area contributed by atoms with Crippen LogP contribution in [0.2, 0.25) is 10.2 Å². The van der Waals surface area contributed by atoms with Crippen LogP contribution in [0.4, 0.5) is 10.1 Å². The highest BCUT2D eigenvalue weighted by Crippen LogP contribution is 2.38. The Hall–Kier alpha value is -0.980. The Kier molecular flexibility index (Phi) is 3.20. The van der Waals surface area contributed by atoms with E-state index in [9.17, 15) is 14.5 Å². The number of nitrogens with zero attached hydrogens (tertiary/aromatic N) is 2. The number of fused-ring (bicyclic) bond motifs is 1. The normalized spacial score (nSPS) is 10.8. The van der Waals surface area contributed by atoms with Gasteiger partial charge in [-0.1, -0.05) is 23.2 Å². The van der Waals surface area contributed by atoms with E-state index in [4.69, 9.17) is 23.2 Å². The quantitative estimate of drug-likeness (QED) is 0.441. The zero-order chi connectivity index (χ0) is 12.7. The summed E-state index contributed by atoms with van der Waals surface area (Å²) in [6.07, 6.45) is 0. The molecule has 0 saturated heterocycles. The summed E-state index contributed by atoms with van der Waals surface area (Å²) in [5.74, 6) is -0.666. The lowest BCUT2D eigenvalue weighted by Gasteiger charge is -2.04. The summed E-state index contributed by atoms with van der Waals surface area (Å²) in [7, 11) is 0. The third-order valence-corrected chi connectivity index (χ3v) is 3.36. The first-order valence-electron chi connectivity index (χ1n) is 4.20. The standard InChI is InChI=1S/C9H2BrCl2FN2O2/c10-4-2-1-3-5(11)8(15(16)17)9(12)14-7(3)6(4)13/h1-2H. The van der Waals surface area contributed by atoms with E-state index in [-0.39, 0.29) is 20.4 Å². The molecule has 0 saturated carbocycles. The lowest BCUT2D eigenvalue weighted by atomic mass is 10.2. The second kappa shape index (κ2) is 4.36. The molecule has 17 heavy (non-hydrogen) atoms. The number of pyridine rings is 1. The molecule has 0 fully saturated rings. The van der Waals surface area contributed by atoms with Crippen LogP contribution in [-0.2, 0) is 0 Å². The van der Waals surface area contributed by atoms with Gasteiger partial charge in [-0.25, -0.2) is 9.37 Å². The average molecular weight is 340 g/mol. The molecule has 2 rings (SSSR count). The zero-order valence-corrected chi connectivity index (χ0v) is 11.0. The summed E-state index contributed by atoms with van der Waals surface area (Å²) in [5, 5.41) is 10.2. The van der Waals surface area contributed by atoms with Crippen LogP contribution in [-0.4, -0.2) is 9.91 Å². The number of hydrogen-bond donors (Lipinski definition) is 0. The molecule has 0 N–H and O–H groups in total. The van der Waals surface area contributed by atoms with E-state index >= 15 is 0 Å². The van der Waals surface area contributed by atoms with E-state index in [1.807, 2.05) is 0 Å². The maximum Gasteiger partial charge on any atom is 0.325 e. The van der Waals surface area contributed by atoms with E-state index in [0.29, 0.717) is 0 Å². The molecule has 4 nitrogen and oxygen atoms in total. The monoisotopic (exact) mass is 338 g/mol. The Morgan fingerprint density at radius 1 is 1.41 bits per heavy atom. The fourth-order valence-corrected chi connectivity index (χ4v) is 2.28. The number of halogens is 4. The Labute approximate surface area is 113 Å². The van der Waals surface area contributed by atoms with Gasteiger partial charge in [0.2, 0.25) is 5.15 Å². The van der Waals surface area contributed by atoms with Gasteiger partial charge in [-0.15, -0.1) is 0 Å². The highest BCUT2D eigenvalue weighted by atomic mass is 79.9. The predicted octanol–water partition coefficient (Wildman–Crippen LogP) is 4.35. The highest BCUT2D eigenvalue weighted by molar-refractivity contribution is 9.10. The van der Waals surface area contributed by atoms with Gasteiger partial charge in [0.25, 0.3) is 0 Å². The highest BCUT2D eigenvalue weighted by Gasteiger charge is 2.24. The van der Waals surface area contributed by atoms with Gasteiger partial charge in [-0.05, 0) is 28.1 Å². The first kappa shape index (κ1) is 12.5. The summed E-state index contributed by atoms with van der Waals surface area (Å²) in [6, 6.07) is 2.82. The number of hydrogen-bond acceptors (Lipinski definition) is 3. The number of benzene rings is 1. The molecule has 0 aliphatic rings. The molecule has 1 aromatic carbocycles. The van der Waals surface area contributed by atoms with Crippen molar-refractivity contribution in [1.82, 2.24) is 4.98 Å². The summed E-state index contributed by atoms with van der Waals surface area (Å²) >= 11 is 14.4. The molecule has 0 unspecified atom stereocenters. The fourth-order valence-electron chi connectivity index (χ4n) is 1.35. The molecule has 8 heteroatoms. The van der Waals surface area contributed by atoms with Gasteiger partial charge in [0, 0.05) is 5.39 Å². The maximum atomic E-state index is 13.7. The van der Waals surface area contributed by atoms with Crippen LogP contribution in [0.25, 0.3) is 10.9 Å². The van der Waals surface area contributed by atoms with Gasteiger partial charge in [-0.2, -0.15) is 0 Å². The minimum atomic E-state index is -0.753. The van der Waals surface area contributed by atoms with Crippen LogP contribution < -0.4 is 0 Å². The van der Waals surface area contributed by atoms with Crippen molar-refractivity contribution in [2.24, 2.45) is 0 Å². The first-order chi connectivity index (χ1) is 7.93. The number of rotatable bonds is 1. The minimum Gasteiger partial charge on any atom is -0.258 e. The van der Waals surface area contributed by atoms with Crippen molar-refractivity contribution in [3.8, 4) is 0 Å². The van der Waals surface area contributed by atoms with Crippen LogP contribution in [0.5, 0.6) is 0 Å². The third kappa shape index (κ3) is 1.96. The molecular formula is C9H2BrCl2FN2O2. The Balaban J connectivity index is 2.96. The molecule has 2 aromatic rings. The van der Waals surface area contributed by atoms with Crippen LogP contribution in [0.15, 0.2) is 16.6 Å². The van der Waals surface area contributed by atoms with Crippen molar-refractivity contribution >= 4 is 55.7 Å². The van der Waals surface area contributed by atoms with Crippen molar-refractivity contribution in [3.63, 3.8) is 0 Å². The van der Waals surface area contributed by atoms with Gasteiger partial charge in [0.05, 0.1) is 9.40 Å². The molecule has 0 spiro atoms. The minimum absolute atomic E-state index is 0.111. The zero-order valence-electron chi connectivity index (χ0n) is 7.88. The van der Waals surface area contributed by atoms with Gasteiger partial charge >= 0.3 is 5.69 Å². The number of aromatic nitrogens is 1. The van der Waals surface area contributed by atoms with Crippen LogP contribution in [0, 0.1) is 15.9 Å². The van der Waals surface area contributed by atoms with Gasteiger partial charge in [0.15, 0.2) is 5.82 Å². The summed E-state index contributed by atoms with van der Waals surface area (Å²) < 4.78 is 13.9. The smallest absolute Gasteiger partial charge is 0.258 e. The van der Waals surface area contributed by atoms with Crippen molar-refractivity contribution in [2.75, 3.05) is 0 Å². The van der Waals surface area contributed by atoms with Crippen LogP contribution in [0.3, 0.4) is 0 Å². The summed E-state index contributed by atoms with van der Waals surface area (Å²) in [4.78, 5) is 13.6. The van der Waals surface area contributed by atoms with Gasteiger partial charge in [-0.3, -0.25) is 10.1 Å². The average Bonchev–Trinajstić information content (AvgIpc) is 2.23. The van der Waals surface area contributed by atoms with Crippen molar-refractivity contribution in [2.45, 2.75) is 0 Å². The lowest BCUT2D eigenvalue weighted by molar-refractivity contribution is -0.384. The molecular weight excluding hydrogens is 338 g/mol. The molecule has 1 aromatic heterocycles. The molecule has 0 aliphatic heterocycles. The van der Waals surface area contributed by atoms with Crippen LogP contribution in [0.1, 0.15) is 0 Å². The molecule has 0 atom stereocenters. The van der Waals surface area contributed by atoms with Crippen molar-refractivity contribution in [3.05, 3.63) is 42.7 Å². The van der Waals surface area contributed by atoms with Gasteiger partial charge < -0.3 is 0 Å². The maximum absolute atomic E-state index is 13.7. The molecule has 0 radical (unpaired) electrons. The second-order valence-corrected chi connectivity index (χ2v) is 4.67. The third-order valence-electron chi connectivity index (χ3n) is 2.10. The Bertz CT molecular complexity index is 651. The summed E-state index contributed by atoms with van der Waals surface area (Å²) in [5.41, 5.74) is -0.637. The molecule has 0 amide bonds. The van der Waals surface area contributed by atoms with E-state index in [2.05, 4.69) is 20.9 Å².